The Labute approximate surface area is 427 Å². The number of carbonyl (C=O) groups excluding carboxylic acids is 8. The normalized spacial score (nSPS) is 15.1. The van der Waals surface area contributed by atoms with Crippen LogP contribution in [0.2, 0.25) is 0 Å². The van der Waals surface area contributed by atoms with Crippen LogP contribution in [0.3, 0.4) is 0 Å². The van der Waals surface area contributed by atoms with E-state index in [2.05, 4.69) is 42.5 Å². The van der Waals surface area contributed by atoms with E-state index >= 15 is 0 Å². The Bertz CT molecular complexity index is 2070. The fourth-order valence-electron chi connectivity index (χ4n) is 6.33. The zero-order chi connectivity index (χ0) is 58.8. The minimum atomic E-state index is -5.08. The van der Waals surface area contributed by atoms with Gasteiger partial charge in [0.1, 0.15) is 48.3 Å². The number of halogens is 3. The molecule has 0 aromatic heterocycles. The first-order valence-electron chi connectivity index (χ1n) is 23.2. The van der Waals surface area contributed by atoms with E-state index in [1.165, 1.54) is 41.5 Å². The Balaban J connectivity index is 0. The highest BCUT2D eigenvalue weighted by atomic mass is 19.4. The summed E-state index contributed by atoms with van der Waals surface area (Å²) >= 11 is 0. The second-order valence-corrected chi connectivity index (χ2v) is 17.8. The zero-order valence-corrected chi connectivity index (χ0v) is 42.6. The molecule has 28 nitrogen and oxygen atoms in total. The number of hydrogen-bond acceptors (Lipinski definition) is 14. The summed E-state index contributed by atoms with van der Waals surface area (Å²) in [6.45, 7) is 13.5. The molecule has 0 rings (SSSR count). The molecule has 14 N–H and O–H groups in total. The Morgan fingerprint density at radius 3 is 0.960 bits per heavy atom. The Kier molecular flexibility index (Phi) is 30.8. The number of alkyl halides is 3. The molecule has 0 fully saturated rings. The van der Waals surface area contributed by atoms with Crippen molar-refractivity contribution >= 4 is 83.1 Å². The SMILES string of the molecule is CC[C@H](C)[C@H](NC(C)=O)C(=O)N[C@@H](CCC(=O)O)C(=O)N[C@H](C(=O)N[C@@H](CC(=O)O)C(=O)N[C@H](C(=O)N[C@@H](CC(=O)O)C(=O)N[C@H](C(=O)N[C@@H](CCC(=O)O)C(=O)O)C(C)C)[C@@H](C)CC)C(C)C.O=C(O)C(F)(F)F. The van der Waals surface area contributed by atoms with Crippen molar-refractivity contribution in [1.29, 1.82) is 0 Å². The summed E-state index contributed by atoms with van der Waals surface area (Å²) in [6, 6.07) is -12.9. The first kappa shape index (κ1) is 69.4. The molecule has 0 saturated heterocycles. The summed E-state index contributed by atoms with van der Waals surface area (Å²) < 4.78 is 31.7. The van der Waals surface area contributed by atoms with E-state index in [0.717, 1.165) is 0 Å². The van der Waals surface area contributed by atoms with Crippen molar-refractivity contribution in [2.24, 2.45) is 23.7 Å². The van der Waals surface area contributed by atoms with E-state index in [4.69, 9.17) is 15.0 Å². The van der Waals surface area contributed by atoms with E-state index in [9.17, 15) is 95.9 Å². The smallest absolute Gasteiger partial charge is 0.481 e. The second-order valence-electron chi connectivity index (χ2n) is 17.8. The van der Waals surface area contributed by atoms with Crippen LogP contribution in [0, 0.1) is 23.7 Å². The molecule has 0 aliphatic heterocycles. The molecule has 0 bridgehead atoms. The number of rotatable bonds is 32. The molecular formula is C44H69F3N8O20. The quantitative estimate of drug-likeness (QED) is 0.0372. The van der Waals surface area contributed by atoms with Crippen LogP contribution in [0.25, 0.3) is 0 Å². The third kappa shape index (κ3) is 27.3. The minimum absolute atomic E-state index is 0.149. The average molecular weight is 1090 g/mol. The van der Waals surface area contributed by atoms with Crippen LogP contribution in [0.1, 0.15) is 114 Å². The van der Waals surface area contributed by atoms with E-state index in [1.807, 2.05) is 0 Å². The van der Waals surface area contributed by atoms with Crippen LogP contribution >= 0.6 is 0 Å². The largest absolute Gasteiger partial charge is 0.490 e. The Morgan fingerprint density at radius 2 is 0.680 bits per heavy atom. The molecule has 0 aliphatic carbocycles. The van der Waals surface area contributed by atoms with Gasteiger partial charge in [0.25, 0.3) is 0 Å². The van der Waals surface area contributed by atoms with Gasteiger partial charge in [0, 0.05) is 19.8 Å². The van der Waals surface area contributed by atoms with Gasteiger partial charge in [-0.3, -0.25) is 57.5 Å². The highest BCUT2D eigenvalue weighted by molar-refractivity contribution is 5.99. The number of carbonyl (C=O) groups is 14. The van der Waals surface area contributed by atoms with Crippen molar-refractivity contribution in [3.8, 4) is 0 Å². The number of nitrogens with one attached hydrogen (secondary N) is 8. The van der Waals surface area contributed by atoms with Gasteiger partial charge in [-0.2, -0.15) is 13.2 Å². The minimum Gasteiger partial charge on any atom is -0.481 e. The molecule has 426 valence electrons. The molecule has 0 aromatic carbocycles. The standard InChI is InChI=1S/C42H68N8O18.C2HF3O2/c1-10-20(7)33(43-22(9)51)40(65)44-23(12-14-27(52)53)35(60)48-32(19(5)6)39(64)46-26(17-30(58)59)37(62)50-34(21(8)11-2)41(66)47-25(16-29(56)57)36(61)49-31(18(3)4)38(63)45-24(42(67)68)13-15-28(54)55;3-2(4,5)1(6)7/h18-21,23-26,31-34H,10-17H2,1-9H3,(H,43,51)(H,44,65)(H,45,63)(H,46,64)(H,47,66)(H,48,60)(H,49,61)(H,50,62)(H,52,53)(H,54,55)(H,56,57)(H,58,59)(H,67,68);(H,6,7)/t20-,21-,23-,24-,25-,26-,31-,32-,33-,34-;/m0./s1. The lowest BCUT2D eigenvalue weighted by molar-refractivity contribution is -0.192. The lowest BCUT2D eigenvalue weighted by Crippen LogP contribution is -2.62. The zero-order valence-electron chi connectivity index (χ0n) is 42.6. The Morgan fingerprint density at radius 1 is 0.400 bits per heavy atom. The maximum absolute atomic E-state index is 13.8. The highest BCUT2D eigenvalue weighted by Crippen LogP contribution is 2.15. The van der Waals surface area contributed by atoms with Crippen molar-refractivity contribution in [2.45, 2.75) is 168 Å². The van der Waals surface area contributed by atoms with Crippen molar-refractivity contribution < 1.29 is 111 Å². The van der Waals surface area contributed by atoms with Gasteiger partial charge in [-0.25, -0.2) is 9.59 Å². The number of carboxylic acids is 6. The summed E-state index contributed by atoms with van der Waals surface area (Å²) in [4.78, 5) is 174. The van der Waals surface area contributed by atoms with Gasteiger partial charge in [-0.05, 0) is 36.5 Å². The first-order valence-corrected chi connectivity index (χ1v) is 23.2. The molecule has 0 aromatic rings. The molecule has 75 heavy (non-hydrogen) atoms. The topological polar surface area (TPSA) is 457 Å². The predicted molar refractivity (Wildman–Crippen MR) is 249 cm³/mol. The van der Waals surface area contributed by atoms with Gasteiger partial charge in [0.15, 0.2) is 0 Å². The van der Waals surface area contributed by atoms with E-state index in [0.29, 0.717) is 6.42 Å². The first-order chi connectivity index (χ1) is 34.4. The lowest BCUT2D eigenvalue weighted by Gasteiger charge is -2.30. The van der Waals surface area contributed by atoms with E-state index in [-0.39, 0.29) is 6.42 Å². The second kappa shape index (κ2) is 33.2. The van der Waals surface area contributed by atoms with Crippen LogP contribution in [0.15, 0.2) is 0 Å². The monoisotopic (exact) mass is 1090 g/mol. The van der Waals surface area contributed by atoms with Gasteiger partial charge < -0.3 is 73.2 Å². The highest BCUT2D eigenvalue weighted by Gasteiger charge is 2.40. The van der Waals surface area contributed by atoms with Crippen LogP contribution in [0.4, 0.5) is 13.2 Å². The van der Waals surface area contributed by atoms with Crippen molar-refractivity contribution in [1.82, 2.24) is 42.5 Å². The number of hydrogen-bond donors (Lipinski definition) is 14. The molecule has 0 radical (unpaired) electrons. The van der Waals surface area contributed by atoms with Crippen LogP contribution in [-0.4, -0.2) is 168 Å². The molecule has 0 heterocycles. The number of amides is 8. The summed E-state index contributed by atoms with van der Waals surface area (Å²) in [5, 5.41) is 72.7. The maximum atomic E-state index is 13.8. The molecule has 31 heteroatoms. The molecule has 8 amide bonds. The van der Waals surface area contributed by atoms with Gasteiger partial charge in [0.2, 0.25) is 47.3 Å². The molecule has 0 unspecified atom stereocenters. The third-order valence-corrected chi connectivity index (χ3v) is 10.9. The molecule has 0 spiro atoms. The van der Waals surface area contributed by atoms with Gasteiger partial charge in [-0.15, -0.1) is 0 Å². The summed E-state index contributed by atoms with van der Waals surface area (Å²) in [5.41, 5.74) is 0. The summed E-state index contributed by atoms with van der Waals surface area (Å²) in [6.07, 6.45) is -8.86. The summed E-state index contributed by atoms with van der Waals surface area (Å²) in [5.74, 6) is -21.2. The van der Waals surface area contributed by atoms with Crippen LogP contribution < -0.4 is 42.5 Å². The van der Waals surface area contributed by atoms with Crippen molar-refractivity contribution in [2.75, 3.05) is 0 Å². The van der Waals surface area contributed by atoms with Gasteiger partial charge in [0.05, 0.1) is 12.8 Å². The van der Waals surface area contributed by atoms with Crippen LogP contribution in [0.5, 0.6) is 0 Å². The van der Waals surface area contributed by atoms with Gasteiger partial charge in [-0.1, -0.05) is 68.2 Å². The van der Waals surface area contributed by atoms with E-state index in [1.54, 1.807) is 20.8 Å². The average Bonchev–Trinajstić information content (AvgIpc) is 3.28. The third-order valence-electron chi connectivity index (χ3n) is 10.9. The Hall–Kier alpha value is -7.63. The molecular weight excluding hydrogens is 1020 g/mol. The lowest BCUT2D eigenvalue weighted by atomic mass is 9.96. The molecule has 10 atom stereocenters. The van der Waals surface area contributed by atoms with Gasteiger partial charge >= 0.3 is 42.0 Å². The predicted octanol–water partition coefficient (Wildman–Crippen LogP) is -1.31. The molecule has 0 saturated carbocycles. The van der Waals surface area contributed by atoms with E-state index < -0.39 is 200 Å². The fraction of sp³-hybridized carbons (Fsp3) is 0.682. The fourth-order valence-corrected chi connectivity index (χ4v) is 6.33. The van der Waals surface area contributed by atoms with Crippen molar-refractivity contribution in [3.63, 3.8) is 0 Å². The maximum Gasteiger partial charge on any atom is 0.490 e. The summed E-state index contributed by atoms with van der Waals surface area (Å²) in [7, 11) is 0. The number of carboxylic acid groups (broad SMARTS) is 6. The van der Waals surface area contributed by atoms with Crippen LogP contribution in [-0.2, 0) is 67.1 Å². The molecule has 0 aliphatic rings. The van der Waals surface area contributed by atoms with Crippen molar-refractivity contribution in [3.05, 3.63) is 0 Å². The number of aliphatic carboxylic acids is 6.